The number of fused-ring (bicyclic) bond motifs is 1. The first-order valence-electron chi connectivity index (χ1n) is 9.56. The minimum atomic E-state index is -0.955. The molecule has 2 amide bonds. The number of primary amides is 1. The van der Waals surface area contributed by atoms with Crippen LogP contribution in [0.2, 0.25) is 0 Å². The van der Waals surface area contributed by atoms with Gasteiger partial charge in [0.25, 0.3) is 5.91 Å². The maximum absolute atomic E-state index is 14.0. The number of amides is 2. The molecule has 0 aromatic heterocycles. The van der Waals surface area contributed by atoms with E-state index < -0.39 is 18.0 Å². The molecular formula is C24H21FN2O2. The van der Waals surface area contributed by atoms with Crippen molar-refractivity contribution in [2.75, 3.05) is 0 Å². The van der Waals surface area contributed by atoms with Crippen LogP contribution in [-0.2, 0) is 11.2 Å². The summed E-state index contributed by atoms with van der Waals surface area (Å²) in [4.78, 5) is 27.7. The molecule has 0 saturated heterocycles. The summed E-state index contributed by atoms with van der Waals surface area (Å²) < 4.78 is 14.0. The minimum Gasteiger partial charge on any atom is -0.368 e. The van der Waals surface area contributed by atoms with Crippen molar-refractivity contribution < 1.29 is 14.0 Å². The van der Waals surface area contributed by atoms with Gasteiger partial charge in [-0.15, -0.1) is 0 Å². The molecule has 3 aromatic rings. The Hall–Kier alpha value is -3.47. The predicted molar refractivity (Wildman–Crippen MR) is 108 cm³/mol. The standard InChI is InChI=1S/C24H21FN2O2/c25-19-13-11-16-12-14-21(20(16)15-19)27(24(29)18-9-5-2-6-10-18)22(23(26)28)17-7-3-1-4-8-17/h1-11,13,15,21-22H,12,14H2,(H2,26,28)/t21-,22?/m1/s1. The van der Waals surface area contributed by atoms with Gasteiger partial charge in [0.1, 0.15) is 11.9 Å². The molecule has 3 aromatic carbocycles. The van der Waals surface area contributed by atoms with Crippen LogP contribution in [0.25, 0.3) is 0 Å². The second kappa shape index (κ2) is 7.87. The molecule has 0 radical (unpaired) electrons. The summed E-state index contributed by atoms with van der Waals surface area (Å²) in [6.07, 6.45) is 1.31. The molecule has 2 atom stereocenters. The van der Waals surface area contributed by atoms with Crippen LogP contribution in [0.1, 0.15) is 45.6 Å². The zero-order valence-corrected chi connectivity index (χ0v) is 15.8. The van der Waals surface area contributed by atoms with Gasteiger partial charge in [-0.2, -0.15) is 0 Å². The van der Waals surface area contributed by atoms with Crippen molar-refractivity contribution in [1.29, 1.82) is 0 Å². The van der Waals surface area contributed by atoms with E-state index in [0.717, 1.165) is 11.1 Å². The summed E-state index contributed by atoms with van der Waals surface area (Å²) in [6.45, 7) is 0. The van der Waals surface area contributed by atoms with Crippen molar-refractivity contribution in [1.82, 2.24) is 4.90 Å². The van der Waals surface area contributed by atoms with Gasteiger partial charge in [0.15, 0.2) is 0 Å². The third-order valence-corrected chi connectivity index (χ3v) is 5.41. The highest BCUT2D eigenvalue weighted by atomic mass is 19.1. The Morgan fingerprint density at radius 3 is 2.28 bits per heavy atom. The van der Waals surface area contributed by atoms with Crippen molar-refractivity contribution in [3.8, 4) is 0 Å². The topological polar surface area (TPSA) is 63.4 Å². The number of benzene rings is 3. The third kappa shape index (κ3) is 3.63. The molecule has 4 rings (SSSR count). The Morgan fingerprint density at radius 1 is 0.966 bits per heavy atom. The number of aryl methyl sites for hydroxylation is 1. The Balaban J connectivity index is 1.86. The summed E-state index contributed by atoms with van der Waals surface area (Å²) >= 11 is 0. The van der Waals surface area contributed by atoms with E-state index in [1.807, 2.05) is 12.1 Å². The Bertz CT molecular complexity index is 1040. The van der Waals surface area contributed by atoms with Crippen molar-refractivity contribution >= 4 is 11.8 Å². The van der Waals surface area contributed by atoms with E-state index in [9.17, 15) is 14.0 Å². The lowest BCUT2D eigenvalue weighted by Crippen LogP contribution is -2.43. The number of rotatable bonds is 5. The molecule has 29 heavy (non-hydrogen) atoms. The van der Waals surface area contributed by atoms with E-state index in [1.165, 1.54) is 17.0 Å². The molecule has 0 bridgehead atoms. The highest BCUT2D eigenvalue weighted by molar-refractivity contribution is 5.98. The Morgan fingerprint density at radius 2 is 1.62 bits per heavy atom. The third-order valence-electron chi connectivity index (χ3n) is 5.41. The van der Waals surface area contributed by atoms with Crippen LogP contribution in [0, 0.1) is 5.82 Å². The predicted octanol–water partition coefficient (Wildman–Crippen LogP) is 4.18. The van der Waals surface area contributed by atoms with E-state index >= 15 is 0 Å². The summed E-state index contributed by atoms with van der Waals surface area (Å²) in [5.74, 6) is -1.29. The van der Waals surface area contributed by atoms with Gasteiger partial charge in [-0.3, -0.25) is 9.59 Å². The van der Waals surface area contributed by atoms with E-state index in [0.29, 0.717) is 24.0 Å². The monoisotopic (exact) mass is 388 g/mol. The van der Waals surface area contributed by atoms with Gasteiger partial charge in [-0.25, -0.2) is 4.39 Å². The van der Waals surface area contributed by atoms with Crippen LogP contribution in [0.3, 0.4) is 0 Å². The average Bonchev–Trinajstić information content (AvgIpc) is 3.15. The van der Waals surface area contributed by atoms with Gasteiger partial charge in [-0.05, 0) is 53.8 Å². The molecule has 0 heterocycles. The molecular weight excluding hydrogens is 367 g/mol. The molecule has 4 nitrogen and oxygen atoms in total. The number of nitrogens with two attached hydrogens (primary N) is 1. The molecule has 2 N–H and O–H groups in total. The van der Waals surface area contributed by atoms with Gasteiger partial charge in [0.05, 0.1) is 6.04 Å². The quantitative estimate of drug-likeness (QED) is 0.713. The Labute approximate surface area is 168 Å². The van der Waals surface area contributed by atoms with Crippen LogP contribution < -0.4 is 5.73 Å². The fraction of sp³-hybridized carbons (Fsp3) is 0.167. The fourth-order valence-electron chi connectivity index (χ4n) is 4.11. The van der Waals surface area contributed by atoms with Gasteiger partial charge >= 0.3 is 0 Å². The molecule has 1 aliphatic carbocycles. The molecule has 0 spiro atoms. The zero-order valence-electron chi connectivity index (χ0n) is 15.8. The molecule has 1 aliphatic rings. The van der Waals surface area contributed by atoms with Gasteiger partial charge in [0.2, 0.25) is 5.91 Å². The summed E-state index contributed by atoms with van der Waals surface area (Å²) in [5.41, 5.74) is 8.61. The van der Waals surface area contributed by atoms with Gasteiger partial charge in [0, 0.05) is 5.56 Å². The van der Waals surface area contributed by atoms with E-state index in [4.69, 9.17) is 5.73 Å². The van der Waals surface area contributed by atoms with Crippen molar-refractivity contribution in [2.45, 2.75) is 24.9 Å². The second-order valence-corrected chi connectivity index (χ2v) is 7.19. The largest absolute Gasteiger partial charge is 0.368 e. The zero-order chi connectivity index (χ0) is 20.4. The normalized spacial score (nSPS) is 16.1. The molecule has 1 unspecified atom stereocenters. The number of carbonyl (C=O) groups excluding carboxylic acids is 2. The minimum absolute atomic E-state index is 0.305. The molecule has 146 valence electrons. The van der Waals surface area contributed by atoms with E-state index in [1.54, 1.807) is 54.6 Å². The first-order valence-corrected chi connectivity index (χ1v) is 9.56. The van der Waals surface area contributed by atoms with E-state index in [-0.39, 0.29) is 11.7 Å². The molecule has 5 heteroatoms. The highest BCUT2D eigenvalue weighted by Gasteiger charge is 2.39. The average molecular weight is 388 g/mol. The van der Waals surface area contributed by atoms with Crippen LogP contribution >= 0.6 is 0 Å². The maximum Gasteiger partial charge on any atom is 0.255 e. The number of halogens is 1. The SMILES string of the molecule is NC(=O)C(c1ccccc1)N(C(=O)c1ccccc1)[C@@H]1CCc2ccc(F)cc21. The van der Waals surface area contributed by atoms with Gasteiger partial charge < -0.3 is 10.6 Å². The number of hydrogen-bond donors (Lipinski definition) is 1. The second-order valence-electron chi connectivity index (χ2n) is 7.19. The summed E-state index contributed by atoms with van der Waals surface area (Å²) in [6, 6.07) is 21.0. The van der Waals surface area contributed by atoms with Crippen LogP contribution in [0.4, 0.5) is 4.39 Å². The molecule has 0 saturated carbocycles. The number of hydrogen-bond acceptors (Lipinski definition) is 2. The van der Waals surface area contributed by atoms with Gasteiger partial charge in [-0.1, -0.05) is 54.6 Å². The van der Waals surface area contributed by atoms with Crippen molar-refractivity contribution in [2.24, 2.45) is 5.73 Å². The first kappa shape index (κ1) is 18.9. The molecule has 0 aliphatic heterocycles. The maximum atomic E-state index is 14.0. The smallest absolute Gasteiger partial charge is 0.255 e. The lowest BCUT2D eigenvalue weighted by molar-refractivity contribution is -0.123. The van der Waals surface area contributed by atoms with Crippen LogP contribution in [0.5, 0.6) is 0 Å². The van der Waals surface area contributed by atoms with Crippen molar-refractivity contribution in [3.63, 3.8) is 0 Å². The lowest BCUT2D eigenvalue weighted by Gasteiger charge is -2.36. The molecule has 0 fully saturated rings. The number of nitrogens with zero attached hydrogens (tertiary/aromatic N) is 1. The van der Waals surface area contributed by atoms with Crippen LogP contribution in [0.15, 0.2) is 78.9 Å². The lowest BCUT2D eigenvalue weighted by atomic mass is 9.98. The van der Waals surface area contributed by atoms with Crippen LogP contribution in [-0.4, -0.2) is 16.7 Å². The van der Waals surface area contributed by atoms with E-state index in [2.05, 4.69) is 0 Å². The summed E-state index contributed by atoms with van der Waals surface area (Å²) in [5, 5.41) is 0. The first-order chi connectivity index (χ1) is 14.1. The highest BCUT2D eigenvalue weighted by Crippen LogP contribution is 2.41. The Kier molecular flexibility index (Phi) is 5.12. The fourth-order valence-corrected chi connectivity index (χ4v) is 4.11. The summed E-state index contributed by atoms with van der Waals surface area (Å²) in [7, 11) is 0. The van der Waals surface area contributed by atoms with Crippen molar-refractivity contribution in [3.05, 3.63) is 107 Å². The number of carbonyl (C=O) groups is 2.